The largest absolute Gasteiger partial charge is 0.497 e. The third kappa shape index (κ3) is 4.47. The highest BCUT2D eigenvalue weighted by molar-refractivity contribution is 6.76. The molecule has 22 heavy (non-hydrogen) atoms. The van der Waals surface area contributed by atoms with Gasteiger partial charge in [0.05, 0.1) is 12.7 Å². The van der Waals surface area contributed by atoms with E-state index in [1.807, 2.05) is 12.1 Å². The van der Waals surface area contributed by atoms with Crippen molar-refractivity contribution in [2.45, 2.75) is 13.8 Å². The summed E-state index contributed by atoms with van der Waals surface area (Å²) in [6.45, 7) is 0. The summed E-state index contributed by atoms with van der Waals surface area (Å²) in [6.07, 6.45) is -0.790. The average Bonchev–Trinajstić information content (AvgIpc) is 2.45. The molecular formula is C12H11Cl6N3O+2. The van der Waals surface area contributed by atoms with Gasteiger partial charge in [-0.25, -0.2) is 15.3 Å². The second-order valence-electron chi connectivity index (χ2n) is 4.36. The van der Waals surface area contributed by atoms with Gasteiger partial charge in [0.1, 0.15) is 5.75 Å². The highest BCUT2D eigenvalue weighted by Crippen LogP contribution is 2.28. The Morgan fingerprint density at radius 2 is 1.59 bits per heavy atom. The first-order chi connectivity index (χ1) is 10.1. The van der Waals surface area contributed by atoms with Crippen LogP contribution in [0.2, 0.25) is 0 Å². The number of alkyl halides is 6. The maximum absolute atomic E-state index is 5.93. The van der Waals surface area contributed by atoms with Crippen molar-refractivity contribution in [3.05, 3.63) is 29.8 Å². The van der Waals surface area contributed by atoms with Crippen LogP contribution in [-0.2, 0) is 0 Å². The molecule has 1 aromatic rings. The zero-order chi connectivity index (χ0) is 16.5. The number of hydrogen-bond acceptors (Lipinski definition) is 2. The summed E-state index contributed by atoms with van der Waals surface area (Å²) in [5.41, 5.74) is 0.772. The molecule has 0 amide bonds. The fourth-order valence-electron chi connectivity index (χ4n) is 1.75. The number of ether oxygens (including phenoxy) is 1. The molecule has 0 saturated heterocycles. The molecular weight excluding hydrogens is 415 g/mol. The van der Waals surface area contributed by atoms with Crippen molar-refractivity contribution >= 4 is 81.3 Å². The zero-order valence-electron chi connectivity index (χ0n) is 11.1. The molecule has 1 heterocycles. The number of nitrogens with one attached hydrogen (secondary N) is 3. The normalized spacial score (nSPS) is 19.1. The maximum Gasteiger partial charge on any atom is 0.307 e. The molecule has 0 spiro atoms. The molecule has 2 rings (SSSR count). The van der Waals surface area contributed by atoms with Crippen LogP contribution in [0.4, 0.5) is 0 Å². The third-order valence-electron chi connectivity index (χ3n) is 2.82. The van der Waals surface area contributed by atoms with Crippen molar-refractivity contribution in [1.82, 2.24) is 5.32 Å². The van der Waals surface area contributed by atoms with Crippen LogP contribution in [0.1, 0.15) is 5.56 Å². The van der Waals surface area contributed by atoms with E-state index in [0.717, 1.165) is 5.56 Å². The summed E-state index contributed by atoms with van der Waals surface area (Å²) >= 11 is 35.5. The summed E-state index contributed by atoms with van der Waals surface area (Å²) in [5.74, 6) is 1.42. The number of rotatable bonds is 2. The van der Waals surface area contributed by atoms with E-state index >= 15 is 0 Å². The average molecular weight is 426 g/mol. The minimum atomic E-state index is -1.73. The zero-order valence-corrected chi connectivity index (χ0v) is 15.6. The summed E-state index contributed by atoms with van der Waals surface area (Å²) in [6, 6.07) is 7.19. The van der Waals surface area contributed by atoms with E-state index in [9.17, 15) is 0 Å². The minimum absolute atomic E-state index is 0.179. The molecule has 1 aliphatic rings. The van der Waals surface area contributed by atoms with Crippen molar-refractivity contribution in [2.24, 2.45) is 0 Å². The Labute approximate surface area is 157 Å². The van der Waals surface area contributed by atoms with Gasteiger partial charge in [0, 0.05) is 0 Å². The Balaban J connectivity index is 2.40. The van der Waals surface area contributed by atoms with Crippen LogP contribution in [0.15, 0.2) is 24.3 Å². The SMILES string of the molecule is COc1ccc(C2=[NH+][C@H](C(Cl)(Cl)Cl)[NH+]=C(C(Cl)(Cl)Cl)N2)cc1. The Hall–Kier alpha value is -0.100. The van der Waals surface area contributed by atoms with E-state index in [0.29, 0.717) is 11.6 Å². The van der Waals surface area contributed by atoms with Gasteiger partial charge in [0.15, 0.2) is 0 Å². The van der Waals surface area contributed by atoms with E-state index < -0.39 is 13.8 Å². The van der Waals surface area contributed by atoms with E-state index in [2.05, 4.69) is 15.3 Å². The molecule has 1 aromatic carbocycles. The second kappa shape index (κ2) is 6.80. The van der Waals surface area contributed by atoms with Crippen LogP contribution in [0, 0.1) is 0 Å². The van der Waals surface area contributed by atoms with Gasteiger partial charge < -0.3 is 4.74 Å². The Morgan fingerprint density at radius 3 is 2.05 bits per heavy atom. The van der Waals surface area contributed by atoms with Crippen LogP contribution in [-0.4, -0.2) is 32.5 Å². The van der Waals surface area contributed by atoms with E-state index in [1.54, 1.807) is 19.2 Å². The van der Waals surface area contributed by atoms with Gasteiger partial charge in [0.25, 0.3) is 19.6 Å². The highest BCUT2D eigenvalue weighted by Gasteiger charge is 2.46. The van der Waals surface area contributed by atoms with Crippen molar-refractivity contribution in [1.29, 1.82) is 0 Å². The van der Waals surface area contributed by atoms with Crippen LogP contribution in [0.5, 0.6) is 5.75 Å². The first-order valence-corrected chi connectivity index (χ1v) is 8.20. The molecule has 1 aliphatic heterocycles. The first kappa shape index (κ1) is 18.2. The van der Waals surface area contributed by atoms with Crippen LogP contribution in [0.25, 0.3) is 0 Å². The number of benzene rings is 1. The molecule has 0 saturated carbocycles. The fraction of sp³-hybridized carbons (Fsp3) is 0.333. The molecule has 0 radical (unpaired) electrons. The Morgan fingerprint density at radius 1 is 1.00 bits per heavy atom. The predicted octanol–water partition coefficient (Wildman–Crippen LogP) is 0.671. The number of halogens is 6. The molecule has 10 heteroatoms. The van der Waals surface area contributed by atoms with Gasteiger partial charge in [0.2, 0.25) is 0 Å². The molecule has 0 aliphatic carbocycles. The van der Waals surface area contributed by atoms with Crippen molar-refractivity contribution in [3.63, 3.8) is 0 Å². The Kier molecular flexibility index (Phi) is 5.63. The number of methoxy groups -OCH3 is 1. The minimum Gasteiger partial charge on any atom is -0.497 e. The summed E-state index contributed by atoms with van der Waals surface area (Å²) in [4.78, 5) is 5.82. The third-order valence-corrected chi connectivity index (χ3v) is 4.04. The molecule has 0 bridgehead atoms. The van der Waals surface area contributed by atoms with Crippen molar-refractivity contribution in [3.8, 4) is 5.75 Å². The van der Waals surface area contributed by atoms with E-state index in [4.69, 9.17) is 74.3 Å². The molecule has 120 valence electrons. The number of hydrogen-bond donors (Lipinski definition) is 3. The van der Waals surface area contributed by atoms with Crippen LogP contribution < -0.4 is 20.0 Å². The van der Waals surface area contributed by atoms with Gasteiger partial charge in [-0.2, -0.15) is 0 Å². The topological polar surface area (TPSA) is 49.2 Å². The maximum atomic E-state index is 5.93. The molecule has 0 fully saturated rings. The van der Waals surface area contributed by atoms with Crippen molar-refractivity contribution in [2.75, 3.05) is 7.11 Å². The molecule has 3 N–H and O–H groups in total. The molecule has 4 nitrogen and oxygen atoms in total. The van der Waals surface area contributed by atoms with Gasteiger partial charge in [-0.3, -0.25) is 0 Å². The summed E-state index contributed by atoms with van der Waals surface area (Å²) in [5, 5.41) is 2.95. The van der Waals surface area contributed by atoms with Gasteiger partial charge in [-0.05, 0) is 24.3 Å². The molecule has 0 unspecified atom stereocenters. The van der Waals surface area contributed by atoms with Crippen molar-refractivity contribution < 1.29 is 14.7 Å². The fourth-order valence-corrected chi connectivity index (χ4v) is 2.38. The smallest absolute Gasteiger partial charge is 0.307 e. The predicted molar refractivity (Wildman–Crippen MR) is 91.5 cm³/mol. The quantitative estimate of drug-likeness (QED) is 0.610. The van der Waals surface area contributed by atoms with E-state index in [-0.39, 0.29) is 5.84 Å². The second-order valence-corrected chi connectivity index (χ2v) is 9.01. The lowest BCUT2D eigenvalue weighted by atomic mass is 10.2. The van der Waals surface area contributed by atoms with Gasteiger partial charge >= 0.3 is 5.84 Å². The van der Waals surface area contributed by atoms with Gasteiger partial charge in [-0.1, -0.05) is 69.6 Å². The first-order valence-electron chi connectivity index (χ1n) is 5.93. The lowest BCUT2D eigenvalue weighted by Gasteiger charge is -2.21. The number of amidine groups is 2. The molecule has 0 aromatic heterocycles. The van der Waals surface area contributed by atoms with Crippen LogP contribution in [0.3, 0.4) is 0 Å². The van der Waals surface area contributed by atoms with Crippen LogP contribution >= 0.6 is 69.6 Å². The standard InChI is InChI=1S/C12H9Cl6N3O/c1-22-7-4-2-6(3-5-7)8-19-9(11(13,14)15)21-10(20-8)12(16,17)18/h2-5,9H,1H3,(H,19,20,21)/p+2/t9-/m0/s1. The highest BCUT2D eigenvalue weighted by atomic mass is 35.6. The van der Waals surface area contributed by atoms with E-state index in [1.165, 1.54) is 0 Å². The van der Waals surface area contributed by atoms with Gasteiger partial charge in [-0.15, -0.1) is 0 Å². The monoisotopic (exact) mass is 423 g/mol. The lowest BCUT2D eigenvalue weighted by Crippen LogP contribution is -3.10. The summed E-state index contributed by atoms with van der Waals surface area (Å²) < 4.78 is 1.72. The molecule has 1 atom stereocenters. The lowest BCUT2D eigenvalue weighted by molar-refractivity contribution is -0.740. The summed E-state index contributed by atoms with van der Waals surface area (Å²) in [7, 11) is 1.58. The Bertz CT molecular complexity index is 603.